The summed E-state index contributed by atoms with van der Waals surface area (Å²) in [4.78, 5) is 17.1. The van der Waals surface area contributed by atoms with E-state index in [0.717, 1.165) is 22.0 Å². The Balaban J connectivity index is 1.87. The number of anilines is 1. The van der Waals surface area contributed by atoms with Gasteiger partial charge in [0, 0.05) is 11.8 Å². The van der Waals surface area contributed by atoms with E-state index in [-0.39, 0.29) is 6.42 Å². The van der Waals surface area contributed by atoms with Crippen molar-refractivity contribution in [1.29, 1.82) is 5.26 Å². The lowest BCUT2D eigenvalue weighted by Gasteiger charge is -2.14. The summed E-state index contributed by atoms with van der Waals surface area (Å²) in [6.07, 6.45) is 0.173. The number of nitrogens with one attached hydrogen (secondary N) is 1. The van der Waals surface area contributed by atoms with E-state index in [0.29, 0.717) is 22.2 Å². The Bertz CT molecular complexity index is 1090. The normalized spacial score (nSPS) is 11.7. The van der Waals surface area contributed by atoms with Crippen LogP contribution in [0.3, 0.4) is 0 Å². The average Bonchev–Trinajstić information content (AvgIpc) is 2.67. The molecule has 0 bridgehead atoms. The van der Waals surface area contributed by atoms with Crippen molar-refractivity contribution in [2.75, 3.05) is 12.4 Å². The van der Waals surface area contributed by atoms with E-state index in [2.05, 4.69) is 16.4 Å². The van der Waals surface area contributed by atoms with E-state index in [9.17, 15) is 10.1 Å². The molecule has 1 unspecified atom stereocenters. The van der Waals surface area contributed by atoms with E-state index in [4.69, 9.17) is 16.3 Å². The molecule has 0 aliphatic carbocycles. The molecule has 142 valence electrons. The average molecular weight is 394 g/mol. The number of hydrogen-bond donors (Lipinski definition) is 1. The molecule has 0 radical (unpaired) electrons. The third kappa shape index (κ3) is 4.08. The molecule has 6 heteroatoms. The number of para-hydroxylation sites is 2. The molecule has 0 aliphatic rings. The van der Waals surface area contributed by atoms with Crippen LogP contribution in [0, 0.1) is 31.1 Å². The number of nitrogens with zero attached hydrogens (tertiary/aromatic N) is 2. The lowest BCUT2D eigenvalue weighted by Crippen LogP contribution is -2.24. The van der Waals surface area contributed by atoms with Crippen LogP contribution in [-0.2, 0) is 11.2 Å². The largest absolute Gasteiger partial charge is 0.495 e. The van der Waals surface area contributed by atoms with Crippen LogP contribution < -0.4 is 10.1 Å². The molecule has 0 spiro atoms. The zero-order valence-corrected chi connectivity index (χ0v) is 16.7. The van der Waals surface area contributed by atoms with Gasteiger partial charge in [-0.15, -0.1) is 0 Å². The maximum absolute atomic E-state index is 12.6. The number of carbonyl (C=O) groups excluding carboxylic acids is 1. The van der Waals surface area contributed by atoms with Crippen LogP contribution in [0.4, 0.5) is 5.69 Å². The highest BCUT2D eigenvalue weighted by Gasteiger charge is 2.22. The van der Waals surface area contributed by atoms with Crippen LogP contribution in [-0.4, -0.2) is 18.0 Å². The van der Waals surface area contributed by atoms with Crippen molar-refractivity contribution in [3.05, 3.63) is 64.3 Å². The van der Waals surface area contributed by atoms with Crippen LogP contribution >= 0.6 is 11.6 Å². The van der Waals surface area contributed by atoms with Gasteiger partial charge in [-0.25, -0.2) is 4.98 Å². The number of rotatable bonds is 5. The first kappa shape index (κ1) is 19.7. The van der Waals surface area contributed by atoms with Gasteiger partial charge in [-0.2, -0.15) is 5.26 Å². The maximum atomic E-state index is 12.6. The molecule has 0 saturated heterocycles. The van der Waals surface area contributed by atoms with Crippen LogP contribution in [0.5, 0.6) is 5.75 Å². The van der Waals surface area contributed by atoms with Crippen molar-refractivity contribution in [1.82, 2.24) is 4.98 Å². The molecular formula is C22H20ClN3O2. The molecule has 2 aromatic carbocycles. The second kappa shape index (κ2) is 8.28. The van der Waals surface area contributed by atoms with Gasteiger partial charge in [0.2, 0.25) is 5.91 Å². The first-order valence-electron chi connectivity index (χ1n) is 8.82. The van der Waals surface area contributed by atoms with Crippen molar-refractivity contribution in [3.8, 4) is 11.8 Å². The number of amides is 1. The first-order valence-corrected chi connectivity index (χ1v) is 9.20. The number of aromatic nitrogens is 1. The van der Waals surface area contributed by atoms with Crippen molar-refractivity contribution < 1.29 is 9.53 Å². The SMILES string of the molecule is COc1ccccc1NC(=O)C(C#N)Cc1cc2cc(C)cc(C)c2nc1Cl. The monoisotopic (exact) mass is 393 g/mol. The Morgan fingerprint density at radius 1 is 1.29 bits per heavy atom. The Labute approximate surface area is 168 Å². The molecule has 0 fully saturated rings. The molecule has 0 aliphatic heterocycles. The van der Waals surface area contributed by atoms with E-state index in [1.807, 2.05) is 32.0 Å². The zero-order chi connectivity index (χ0) is 20.3. The quantitative estimate of drug-likeness (QED) is 0.629. The highest BCUT2D eigenvalue weighted by Crippen LogP contribution is 2.27. The Morgan fingerprint density at radius 2 is 2.04 bits per heavy atom. The standard InChI is InChI=1S/C22H20ClN3O2/c1-13-8-14(2)20-15(9-13)10-16(21(23)26-20)11-17(12-24)22(27)25-18-6-4-5-7-19(18)28-3/h4-10,17H,11H2,1-3H3,(H,25,27). The summed E-state index contributed by atoms with van der Waals surface area (Å²) in [6.45, 7) is 4.00. The summed E-state index contributed by atoms with van der Waals surface area (Å²) in [5.41, 5.74) is 4.16. The molecule has 5 nitrogen and oxygen atoms in total. The van der Waals surface area contributed by atoms with E-state index < -0.39 is 11.8 Å². The van der Waals surface area contributed by atoms with Gasteiger partial charge in [0.1, 0.15) is 16.8 Å². The van der Waals surface area contributed by atoms with Gasteiger partial charge in [0.25, 0.3) is 0 Å². The molecule has 1 atom stereocenters. The summed E-state index contributed by atoms with van der Waals surface area (Å²) in [7, 11) is 1.53. The Kier molecular flexibility index (Phi) is 5.81. The van der Waals surface area contributed by atoms with Gasteiger partial charge in [0.15, 0.2) is 0 Å². The molecule has 3 rings (SSSR count). The predicted octanol–water partition coefficient (Wildman–Crippen LogP) is 4.83. The number of hydrogen-bond acceptors (Lipinski definition) is 4. The molecule has 28 heavy (non-hydrogen) atoms. The number of halogens is 1. The maximum Gasteiger partial charge on any atom is 0.242 e. The fourth-order valence-electron chi connectivity index (χ4n) is 3.20. The fraction of sp³-hybridized carbons (Fsp3) is 0.227. The molecule has 1 amide bonds. The Morgan fingerprint density at radius 3 is 2.75 bits per heavy atom. The summed E-state index contributed by atoms with van der Waals surface area (Å²) >= 11 is 6.36. The highest BCUT2D eigenvalue weighted by atomic mass is 35.5. The number of carbonyl (C=O) groups is 1. The highest BCUT2D eigenvalue weighted by molar-refractivity contribution is 6.30. The van der Waals surface area contributed by atoms with Crippen molar-refractivity contribution in [2.45, 2.75) is 20.3 Å². The summed E-state index contributed by atoms with van der Waals surface area (Å²) < 4.78 is 5.24. The topological polar surface area (TPSA) is 75.0 Å². The summed E-state index contributed by atoms with van der Waals surface area (Å²) in [5, 5.41) is 13.6. The lowest BCUT2D eigenvalue weighted by atomic mass is 9.98. The number of aryl methyl sites for hydroxylation is 2. The number of benzene rings is 2. The van der Waals surface area contributed by atoms with Gasteiger partial charge in [-0.05, 0) is 49.2 Å². The summed E-state index contributed by atoms with van der Waals surface area (Å²) in [6, 6.07) is 15.1. The predicted molar refractivity (Wildman–Crippen MR) is 111 cm³/mol. The number of ether oxygens (including phenoxy) is 1. The van der Waals surface area contributed by atoms with Crippen LogP contribution in [0.2, 0.25) is 5.15 Å². The van der Waals surface area contributed by atoms with Gasteiger partial charge in [-0.3, -0.25) is 4.79 Å². The summed E-state index contributed by atoms with van der Waals surface area (Å²) in [5.74, 6) is -0.792. The third-order valence-electron chi connectivity index (χ3n) is 4.54. The van der Waals surface area contributed by atoms with E-state index in [1.165, 1.54) is 7.11 Å². The second-order valence-electron chi connectivity index (χ2n) is 6.67. The number of nitriles is 1. The molecule has 1 aromatic heterocycles. The second-order valence-corrected chi connectivity index (χ2v) is 7.03. The Hall–Kier alpha value is -3.10. The van der Waals surface area contributed by atoms with Crippen LogP contribution in [0.25, 0.3) is 10.9 Å². The van der Waals surface area contributed by atoms with E-state index >= 15 is 0 Å². The van der Waals surface area contributed by atoms with Crippen molar-refractivity contribution in [2.24, 2.45) is 5.92 Å². The van der Waals surface area contributed by atoms with Crippen LogP contribution in [0.1, 0.15) is 16.7 Å². The molecule has 3 aromatic rings. The number of fused-ring (bicyclic) bond motifs is 1. The van der Waals surface area contributed by atoms with Gasteiger partial charge >= 0.3 is 0 Å². The number of methoxy groups -OCH3 is 1. The molecule has 0 saturated carbocycles. The first-order chi connectivity index (χ1) is 13.4. The minimum absolute atomic E-state index is 0.173. The fourth-order valence-corrected chi connectivity index (χ4v) is 3.42. The van der Waals surface area contributed by atoms with Crippen molar-refractivity contribution in [3.63, 3.8) is 0 Å². The minimum Gasteiger partial charge on any atom is -0.495 e. The van der Waals surface area contributed by atoms with Crippen molar-refractivity contribution >= 4 is 34.1 Å². The molecule has 1 N–H and O–H groups in total. The van der Waals surface area contributed by atoms with Gasteiger partial charge in [-0.1, -0.05) is 35.4 Å². The smallest absolute Gasteiger partial charge is 0.242 e. The molecular weight excluding hydrogens is 374 g/mol. The number of pyridine rings is 1. The zero-order valence-electron chi connectivity index (χ0n) is 15.9. The van der Waals surface area contributed by atoms with E-state index in [1.54, 1.807) is 24.3 Å². The molecule has 1 heterocycles. The minimum atomic E-state index is -0.910. The lowest BCUT2D eigenvalue weighted by molar-refractivity contribution is -0.118. The van der Waals surface area contributed by atoms with Gasteiger partial charge < -0.3 is 10.1 Å². The van der Waals surface area contributed by atoms with Crippen LogP contribution in [0.15, 0.2) is 42.5 Å². The third-order valence-corrected chi connectivity index (χ3v) is 4.87. The van der Waals surface area contributed by atoms with Gasteiger partial charge in [0.05, 0.1) is 24.4 Å².